The van der Waals surface area contributed by atoms with E-state index in [4.69, 9.17) is 11.6 Å². The van der Waals surface area contributed by atoms with Gasteiger partial charge in [-0.15, -0.1) is 0 Å². The first-order chi connectivity index (χ1) is 10.2. The number of hydrogen-bond acceptors (Lipinski definition) is 3. The summed E-state index contributed by atoms with van der Waals surface area (Å²) in [5.41, 5.74) is 0.739. The number of carbonyl (C=O) groups is 1. The number of benzene rings is 1. The summed E-state index contributed by atoms with van der Waals surface area (Å²) in [6.45, 7) is 4.61. The molecule has 7 heteroatoms. The molecule has 1 amide bonds. The second-order valence-electron chi connectivity index (χ2n) is 5.64. The highest BCUT2D eigenvalue weighted by Crippen LogP contribution is 2.18. The molecule has 1 rings (SSSR count). The minimum atomic E-state index is -3.38. The molecule has 0 aliphatic heterocycles. The highest BCUT2D eigenvalue weighted by atomic mass is 35.5. The van der Waals surface area contributed by atoms with Crippen molar-refractivity contribution in [2.75, 3.05) is 19.3 Å². The van der Waals surface area contributed by atoms with E-state index < -0.39 is 10.0 Å². The molecule has 1 N–H and O–H groups in total. The molecule has 0 heterocycles. The van der Waals surface area contributed by atoms with Crippen LogP contribution in [-0.4, -0.2) is 38.0 Å². The largest absolute Gasteiger partial charge is 0.355 e. The first-order valence-corrected chi connectivity index (χ1v) is 9.38. The minimum absolute atomic E-state index is 0.0683. The van der Waals surface area contributed by atoms with Gasteiger partial charge in [-0.2, -0.15) is 4.31 Å². The molecule has 22 heavy (non-hydrogen) atoms. The molecule has 0 radical (unpaired) electrons. The Morgan fingerprint density at radius 3 is 2.50 bits per heavy atom. The van der Waals surface area contributed by atoms with Crippen molar-refractivity contribution >= 4 is 27.5 Å². The van der Waals surface area contributed by atoms with Crippen molar-refractivity contribution in [3.8, 4) is 0 Å². The average Bonchev–Trinajstić information content (AvgIpc) is 2.37. The van der Waals surface area contributed by atoms with E-state index in [1.165, 1.54) is 4.31 Å². The van der Waals surface area contributed by atoms with E-state index in [2.05, 4.69) is 5.32 Å². The van der Waals surface area contributed by atoms with Crippen molar-refractivity contribution in [1.29, 1.82) is 0 Å². The van der Waals surface area contributed by atoms with Gasteiger partial charge in [0, 0.05) is 31.1 Å². The predicted molar refractivity (Wildman–Crippen MR) is 89.2 cm³/mol. The lowest BCUT2D eigenvalue weighted by atomic mass is 10.1. The van der Waals surface area contributed by atoms with Crippen LogP contribution in [0, 0.1) is 5.92 Å². The normalized spacial score (nSPS) is 11.9. The highest BCUT2D eigenvalue weighted by molar-refractivity contribution is 7.88. The third-order valence-electron chi connectivity index (χ3n) is 3.05. The zero-order valence-corrected chi connectivity index (χ0v) is 14.7. The Morgan fingerprint density at radius 1 is 1.32 bits per heavy atom. The summed E-state index contributed by atoms with van der Waals surface area (Å²) < 4.78 is 25.1. The molecule has 0 spiro atoms. The molecule has 0 saturated heterocycles. The molecule has 0 unspecified atom stereocenters. The van der Waals surface area contributed by atoms with Crippen LogP contribution in [0.15, 0.2) is 24.3 Å². The fraction of sp³-hybridized carbons (Fsp3) is 0.533. The molecule has 1 aromatic carbocycles. The smallest absolute Gasteiger partial charge is 0.220 e. The van der Waals surface area contributed by atoms with Gasteiger partial charge < -0.3 is 5.32 Å². The van der Waals surface area contributed by atoms with Crippen LogP contribution in [0.5, 0.6) is 0 Å². The standard InChI is InChI=1S/C15H23ClN2O3S/c1-12(2)10-15(19)17-8-9-18(22(3,20)21)11-13-6-4-5-7-14(13)16/h4-7,12H,8-11H2,1-3H3,(H,17,19). The lowest BCUT2D eigenvalue weighted by Gasteiger charge is -2.21. The Kier molecular flexibility index (Phi) is 7.32. The van der Waals surface area contributed by atoms with Gasteiger partial charge in [0.2, 0.25) is 15.9 Å². The maximum atomic E-state index is 11.9. The quantitative estimate of drug-likeness (QED) is 0.785. The predicted octanol–water partition coefficient (Wildman–Crippen LogP) is 2.26. The highest BCUT2D eigenvalue weighted by Gasteiger charge is 2.18. The fourth-order valence-electron chi connectivity index (χ4n) is 1.94. The zero-order valence-electron chi connectivity index (χ0n) is 13.2. The number of rotatable bonds is 8. The Balaban J connectivity index is 2.64. The number of hydrogen-bond donors (Lipinski definition) is 1. The lowest BCUT2D eigenvalue weighted by molar-refractivity contribution is -0.121. The van der Waals surface area contributed by atoms with Gasteiger partial charge in [0.25, 0.3) is 0 Å². The van der Waals surface area contributed by atoms with Crippen molar-refractivity contribution in [3.05, 3.63) is 34.9 Å². The van der Waals surface area contributed by atoms with Gasteiger partial charge in [0.1, 0.15) is 0 Å². The zero-order chi connectivity index (χ0) is 16.8. The molecule has 5 nitrogen and oxygen atoms in total. The topological polar surface area (TPSA) is 66.5 Å². The monoisotopic (exact) mass is 346 g/mol. The molecule has 1 aromatic rings. The molecule has 0 fully saturated rings. The van der Waals surface area contributed by atoms with Crippen LogP contribution < -0.4 is 5.32 Å². The summed E-state index contributed by atoms with van der Waals surface area (Å²) in [6.07, 6.45) is 1.59. The summed E-state index contributed by atoms with van der Waals surface area (Å²) in [5.74, 6) is 0.204. The number of amides is 1. The second kappa shape index (κ2) is 8.50. The number of sulfonamides is 1. The van der Waals surface area contributed by atoms with Gasteiger partial charge in [-0.25, -0.2) is 8.42 Å². The maximum Gasteiger partial charge on any atom is 0.220 e. The number of carbonyl (C=O) groups excluding carboxylic acids is 1. The van der Waals surface area contributed by atoms with Gasteiger partial charge in [0.15, 0.2) is 0 Å². The Bertz CT molecular complexity index is 603. The second-order valence-corrected chi connectivity index (χ2v) is 8.03. The van der Waals surface area contributed by atoms with Crippen molar-refractivity contribution in [2.24, 2.45) is 5.92 Å². The van der Waals surface area contributed by atoms with Gasteiger partial charge in [0.05, 0.1) is 6.26 Å². The third-order valence-corrected chi connectivity index (χ3v) is 4.67. The van der Waals surface area contributed by atoms with E-state index in [9.17, 15) is 13.2 Å². The molecule has 124 valence electrons. The molecule has 0 aromatic heterocycles. The van der Waals surface area contributed by atoms with Crippen molar-refractivity contribution < 1.29 is 13.2 Å². The molecular weight excluding hydrogens is 324 g/mol. The molecule has 0 saturated carbocycles. The van der Waals surface area contributed by atoms with Crippen molar-refractivity contribution in [1.82, 2.24) is 9.62 Å². The maximum absolute atomic E-state index is 11.9. The van der Waals surface area contributed by atoms with E-state index >= 15 is 0 Å². The van der Waals surface area contributed by atoms with Gasteiger partial charge >= 0.3 is 0 Å². The summed E-state index contributed by atoms with van der Waals surface area (Å²) in [6, 6.07) is 7.12. The Labute approximate surface area is 137 Å². The average molecular weight is 347 g/mol. The summed E-state index contributed by atoms with van der Waals surface area (Å²) in [7, 11) is -3.38. The first-order valence-electron chi connectivity index (χ1n) is 7.15. The van der Waals surface area contributed by atoms with Gasteiger partial charge in [-0.05, 0) is 17.5 Å². The van der Waals surface area contributed by atoms with E-state index in [1.54, 1.807) is 18.2 Å². The van der Waals surface area contributed by atoms with E-state index in [-0.39, 0.29) is 31.5 Å². The molecule has 0 bridgehead atoms. The molecule has 0 atom stereocenters. The van der Waals surface area contributed by atoms with Crippen molar-refractivity contribution in [3.63, 3.8) is 0 Å². The van der Waals surface area contributed by atoms with Gasteiger partial charge in [-0.1, -0.05) is 43.6 Å². The van der Waals surface area contributed by atoms with E-state index in [0.717, 1.165) is 11.8 Å². The molecule has 0 aliphatic rings. The number of nitrogens with zero attached hydrogens (tertiary/aromatic N) is 1. The van der Waals surface area contributed by atoms with Crippen LogP contribution in [0.25, 0.3) is 0 Å². The number of nitrogens with one attached hydrogen (secondary N) is 1. The summed E-state index contributed by atoms with van der Waals surface area (Å²) >= 11 is 6.07. The van der Waals surface area contributed by atoms with E-state index in [1.807, 2.05) is 19.9 Å². The van der Waals surface area contributed by atoms with Gasteiger partial charge in [-0.3, -0.25) is 4.79 Å². The summed E-state index contributed by atoms with van der Waals surface area (Å²) in [4.78, 5) is 11.6. The van der Waals surface area contributed by atoms with E-state index in [0.29, 0.717) is 11.4 Å². The number of halogens is 1. The van der Waals surface area contributed by atoms with Crippen molar-refractivity contribution in [2.45, 2.75) is 26.8 Å². The van der Waals surface area contributed by atoms with Crippen LogP contribution in [0.4, 0.5) is 0 Å². The minimum Gasteiger partial charge on any atom is -0.355 e. The fourth-order valence-corrected chi connectivity index (χ4v) is 2.93. The van der Waals surface area contributed by atoms with Crippen LogP contribution in [0.2, 0.25) is 5.02 Å². The van der Waals surface area contributed by atoms with Crippen LogP contribution >= 0.6 is 11.6 Å². The van der Waals surface area contributed by atoms with Crippen LogP contribution in [0.3, 0.4) is 0 Å². The first kappa shape index (κ1) is 18.9. The lowest BCUT2D eigenvalue weighted by Crippen LogP contribution is -2.38. The Hall–Kier alpha value is -1.11. The third kappa shape index (κ3) is 6.77. The molecular formula is C15H23ClN2O3S. The SMILES string of the molecule is CC(C)CC(=O)NCCN(Cc1ccccc1Cl)S(C)(=O)=O. The van der Waals surface area contributed by atoms with Crippen LogP contribution in [-0.2, 0) is 21.4 Å². The summed E-state index contributed by atoms with van der Waals surface area (Å²) in [5, 5.41) is 3.27. The van der Waals surface area contributed by atoms with Crippen LogP contribution in [0.1, 0.15) is 25.8 Å². The Morgan fingerprint density at radius 2 is 1.95 bits per heavy atom. The molecule has 0 aliphatic carbocycles.